The first-order valence-corrected chi connectivity index (χ1v) is 8.34. The molecule has 3 rings (SSSR count). The van der Waals surface area contributed by atoms with Gasteiger partial charge < -0.3 is 9.47 Å². The summed E-state index contributed by atoms with van der Waals surface area (Å²) in [6.45, 7) is 1.94. The van der Waals surface area contributed by atoms with Crippen molar-refractivity contribution >= 4 is 35.4 Å². The number of Topliss-reactive ketones (excluding diaryl/α,β-unsaturated/α-hetero) is 2. The van der Waals surface area contributed by atoms with Gasteiger partial charge in [-0.15, -0.1) is 0 Å². The van der Waals surface area contributed by atoms with Gasteiger partial charge >= 0.3 is 23.9 Å². The second-order valence-electron chi connectivity index (χ2n) is 7.04. The van der Waals surface area contributed by atoms with E-state index in [0.29, 0.717) is 19.3 Å². The normalized spacial score (nSPS) is 35.5. The van der Waals surface area contributed by atoms with Crippen LogP contribution >= 0.6 is 0 Å². The molecule has 2 saturated heterocycles. The molecule has 1 aliphatic carbocycles. The van der Waals surface area contributed by atoms with Crippen molar-refractivity contribution in [3.05, 3.63) is 0 Å². The van der Waals surface area contributed by atoms with Gasteiger partial charge in [0.25, 0.3) is 0 Å². The van der Waals surface area contributed by atoms with E-state index < -0.39 is 59.1 Å². The number of carbonyl (C=O) groups excluding carboxylic acids is 6. The Bertz CT molecular complexity index is 678. The zero-order valence-electron chi connectivity index (χ0n) is 13.7. The van der Waals surface area contributed by atoms with E-state index in [0.717, 1.165) is 0 Å². The third-order valence-electron chi connectivity index (χ3n) is 5.27. The molecule has 0 aromatic rings. The molecule has 0 amide bonds. The van der Waals surface area contributed by atoms with E-state index in [2.05, 4.69) is 9.47 Å². The summed E-state index contributed by atoms with van der Waals surface area (Å²) in [5.74, 6) is -7.95. The van der Waals surface area contributed by atoms with E-state index in [1.165, 1.54) is 0 Å². The van der Waals surface area contributed by atoms with Crippen molar-refractivity contribution in [2.24, 2.45) is 29.6 Å². The Labute approximate surface area is 143 Å². The van der Waals surface area contributed by atoms with E-state index in [-0.39, 0.29) is 18.8 Å². The zero-order valence-corrected chi connectivity index (χ0v) is 13.7. The standard InChI is InChI=1S/C17H18O8/c1-7-2-3-8(14(20)10-5-12(18)24-16(10)22)9(4-7)15(21)11-6-13(19)25-17(11)23/h7-11H,2-6H2,1H3. The number of cyclic esters (lactones) is 4. The van der Waals surface area contributed by atoms with Crippen molar-refractivity contribution in [2.75, 3.05) is 0 Å². The highest BCUT2D eigenvalue weighted by molar-refractivity contribution is 6.13. The van der Waals surface area contributed by atoms with Crippen molar-refractivity contribution in [1.82, 2.24) is 0 Å². The quantitative estimate of drug-likeness (QED) is 0.526. The molecule has 0 spiro atoms. The molecule has 0 bridgehead atoms. The molecule has 2 heterocycles. The van der Waals surface area contributed by atoms with Crippen molar-refractivity contribution in [3.8, 4) is 0 Å². The lowest BCUT2D eigenvalue weighted by molar-refractivity contribution is -0.157. The summed E-state index contributed by atoms with van der Waals surface area (Å²) >= 11 is 0. The van der Waals surface area contributed by atoms with Gasteiger partial charge in [0.15, 0.2) is 11.6 Å². The highest BCUT2D eigenvalue weighted by atomic mass is 16.6. The minimum absolute atomic E-state index is 0.170. The molecule has 5 unspecified atom stereocenters. The first-order chi connectivity index (χ1) is 11.8. The predicted octanol–water partition coefficient (Wildman–Crippen LogP) is 0.356. The SMILES string of the molecule is CC1CCC(C(=O)C2CC(=O)OC2=O)C(C(=O)C2CC(=O)OC2=O)C1. The number of esters is 4. The predicted molar refractivity (Wildman–Crippen MR) is 78.4 cm³/mol. The molecule has 0 aromatic heterocycles. The van der Waals surface area contributed by atoms with Crippen molar-refractivity contribution < 1.29 is 38.2 Å². The van der Waals surface area contributed by atoms with Crippen LogP contribution in [0.5, 0.6) is 0 Å². The average Bonchev–Trinajstić information content (AvgIpc) is 3.06. The van der Waals surface area contributed by atoms with Gasteiger partial charge in [-0.05, 0) is 25.2 Å². The van der Waals surface area contributed by atoms with Crippen LogP contribution in [0.3, 0.4) is 0 Å². The monoisotopic (exact) mass is 350 g/mol. The highest BCUT2D eigenvalue weighted by Crippen LogP contribution is 2.40. The molecule has 0 N–H and O–H groups in total. The lowest BCUT2D eigenvalue weighted by Gasteiger charge is -2.34. The number of carbonyl (C=O) groups is 6. The molecular formula is C17H18O8. The summed E-state index contributed by atoms with van der Waals surface area (Å²) in [5.41, 5.74) is 0. The van der Waals surface area contributed by atoms with Crippen LogP contribution < -0.4 is 0 Å². The smallest absolute Gasteiger partial charge is 0.324 e. The first kappa shape index (κ1) is 17.4. The highest BCUT2D eigenvalue weighted by Gasteiger charge is 2.50. The molecule has 3 aliphatic rings. The van der Waals surface area contributed by atoms with Gasteiger partial charge in [-0.25, -0.2) is 0 Å². The Morgan fingerprint density at radius 3 is 1.72 bits per heavy atom. The van der Waals surface area contributed by atoms with Gasteiger partial charge in [0.2, 0.25) is 0 Å². The molecule has 8 heteroatoms. The second kappa shape index (κ2) is 6.50. The molecule has 0 aromatic carbocycles. The lowest BCUT2D eigenvalue weighted by Crippen LogP contribution is -2.42. The number of rotatable bonds is 4. The maximum absolute atomic E-state index is 12.8. The van der Waals surface area contributed by atoms with E-state index >= 15 is 0 Å². The van der Waals surface area contributed by atoms with Gasteiger partial charge in [-0.2, -0.15) is 0 Å². The number of hydrogen-bond acceptors (Lipinski definition) is 8. The minimum Gasteiger partial charge on any atom is -0.393 e. The first-order valence-electron chi connectivity index (χ1n) is 8.34. The second-order valence-corrected chi connectivity index (χ2v) is 7.04. The van der Waals surface area contributed by atoms with Gasteiger partial charge in [0.1, 0.15) is 11.8 Å². The molecule has 134 valence electrons. The number of ether oxygens (including phenoxy) is 2. The topological polar surface area (TPSA) is 121 Å². The van der Waals surface area contributed by atoms with E-state index in [1.54, 1.807) is 0 Å². The van der Waals surface area contributed by atoms with Crippen LogP contribution in [0.15, 0.2) is 0 Å². The maximum atomic E-state index is 12.8. The van der Waals surface area contributed by atoms with Gasteiger partial charge in [-0.1, -0.05) is 6.92 Å². The molecule has 3 fully saturated rings. The van der Waals surface area contributed by atoms with Gasteiger partial charge in [0.05, 0.1) is 12.8 Å². The third-order valence-corrected chi connectivity index (χ3v) is 5.27. The molecule has 8 nitrogen and oxygen atoms in total. The summed E-state index contributed by atoms with van der Waals surface area (Å²) in [6.07, 6.45) is 0.860. The molecule has 1 saturated carbocycles. The van der Waals surface area contributed by atoms with Crippen molar-refractivity contribution in [3.63, 3.8) is 0 Å². The van der Waals surface area contributed by atoms with Gasteiger partial charge in [-0.3, -0.25) is 28.8 Å². The van der Waals surface area contributed by atoms with E-state index in [1.807, 2.05) is 6.92 Å². The van der Waals surface area contributed by atoms with Crippen LogP contribution in [0.25, 0.3) is 0 Å². The summed E-state index contributed by atoms with van der Waals surface area (Å²) in [5, 5.41) is 0. The van der Waals surface area contributed by atoms with Crippen LogP contribution in [0.2, 0.25) is 0 Å². The Morgan fingerprint density at radius 1 is 0.800 bits per heavy atom. The van der Waals surface area contributed by atoms with Crippen molar-refractivity contribution in [2.45, 2.75) is 39.0 Å². The van der Waals surface area contributed by atoms with E-state index in [4.69, 9.17) is 0 Å². The summed E-state index contributed by atoms with van der Waals surface area (Å²) in [6, 6.07) is 0. The fourth-order valence-corrected chi connectivity index (χ4v) is 3.94. The fourth-order valence-electron chi connectivity index (χ4n) is 3.94. The minimum atomic E-state index is -1.18. The largest absolute Gasteiger partial charge is 0.393 e. The van der Waals surface area contributed by atoms with Gasteiger partial charge in [0, 0.05) is 11.8 Å². The zero-order chi connectivity index (χ0) is 18.3. The fraction of sp³-hybridized carbons (Fsp3) is 0.647. The third kappa shape index (κ3) is 3.25. The summed E-state index contributed by atoms with van der Waals surface area (Å²) in [4.78, 5) is 71.4. The van der Waals surface area contributed by atoms with Crippen LogP contribution in [-0.2, 0) is 38.2 Å². The Morgan fingerprint density at radius 2 is 1.28 bits per heavy atom. The molecular weight excluding hydrogens is 332 g/mol. The summed E-state index contributed by atoms with van der Waals surface area (Å²) < 4.78 is 8.87. The lowest BCUT2D eigenvalue weighted by atomic mass is 9.67. The summed E-state index contributed by atoms with van der Waals surface area (Å²) in [7, 11) is 0. The van der Waals surface area contributed by atoms with E-state index in [9.17, 15) is 28.8 Å². The van der Waals surface area contributed by atoms with Crippen LogP contribution in [0, 0.1) is 29.6 Å². The van der Waals surface area contributed by atoms with Crippen LogP contribution in [-0.4, -0.2) is 35.4 Å². The van der Waals surface area contributed by atoms with Crippen molar-refractivity contribution in [1.29, 1.82) is 0 Å². The molecule has 2 aliphatic heterocycles. The number of ketones is 2. The Kier molecular flexibility index (Phi) is 4.53. The Hall–Kier alpha value is -2.38. The van der Waals surface area contributed by atoms with Crippen LogP contribution in [0.1, 0.15) is 39.0 Å². The Balaban J connectivity index is 1.81. The molecule has 25 heavy (non-hydrogen) atoms. The van der Waals surface area contributed by atoms with Crippen LogP contribution in [0.4, 0.5) is 0 Å². The molecule has 5 atom stereocenters. The number of hydrogen-bond donors (Lipinski definition) is 0. The maximum Gasteiger partial charge on any atom is 0.324 e. The molecule has 0 radical (unpaired) electrons. The average molecular weight is 350 g/mol.